The van der Waals surface area contributed by atoms with E-state index in [1.54, 1.807) is 0 Å². The Balaban J connectivity index is 0.00000338. The molecular formula is C20H40IN3O2. The summed E-state index contributed by atoms with van der Waals surface area (Å²) in [5, 5.41) is 3.54. The summed E-state index contributed by atoms with van der Waals surface area (Å²) in [5.74, 6) is 2.57. The van der Waals surface area contributed by atoms with Gasteiger partial charge in [0, 0.05) is 47.0 Å². The molecule has 1 saturated heterocycles. The van der Waals surface area contributed by atoms with E-state index in [2.05, 4.69) is 29.2 Å². The van der Waals surface area contributed by atoms with Crippen LogP contribution in [-0.2, 0) is 9.47 Å². The molecule has 2 rings (SSSR count). The van der Waals surface area contributed by atoms with E-state index in [0.717, 1.165) is 57.1 Å². The van der Waals surface area contributed by atoms with E-state index in [-0.39, 0.29) is 24.0 Å². The lowest BCUT2D eigenvalue weighted by molar-refractivity contribution is 0.0169. The smallest absolute Gasteiger partial charge is 0.193 e. The van der Waals surface area contributed by atoms with Crippen LogP contribution < -0.4 is 5.32 Å². The van der Waals surface area contributed by atoms with Crippen LogP contribution in [0.5, 0.6) is 0 Å². The molecule has 2 aliphatic rings. The molecule has 6 heteroatoms. The Hall–Kier alpha value is -0.0800. The fourth-order valence-electron chi connectivity index (χ4n) is 4.23. The number of hydrogen-bond donors (Lipinski definition) is 1. The molecule has 1 N–H and O–H groups in total. The maximum Gasteiger partial charge on any atom is 0.193 e. The van der Waals surface area contributed by atoms with Crippen LogP contribution in [0.4, 0.5) is 0 Å². The summed E-state index contributed by atoms with van der Waals surface area (Å²) in [4.78, 5) is 6.72. The first-order chi connectivity index (χ1) is 12.2. The zero-order valence-corrected chi connectivity index (χ0v) is 19.4. The van der Waals surface area contributed by atoms with Gasteiger partial charge in [-0.2, -0.15) is 0 Å². The minimum absolute atomic E-state index is 0. The first kappa shape index (κ1) is 24.0. The van der Waals surface area contributed by atoms with Crippen LogP contribution >= 0.6 is 24.0 Å². The molecule has 0 bridgehead atoms. The summed E-state index contributed by atoms with van der Waals surface area (Å²) in [6.45, 7) is 6.79. The van der Waals surface area contributed by atoms with Crippen LogP contribution in [0.25, 0.3) is 0 Å². The van der Waals surface area contributed by atoms with Crippen molar-refractivity contribution in [2.75, 3.05) is 47.0 Å². The van der Waals surface area contributed by atoms with Gasteiger partial charge < -0.3 is 19.7 Å². The van der Waals surface area contributed by atoms with Gasteiger partial charge in [0.05, 0.1) is 6.10 Å². The summed E-state index contributed by atoms with van der Waals surface area (Å²) in [6.07, 6.45) is 10.5. The highest BCUT2D eigenvalue weighted by Crippen LogP contribution is 2.30. The van der Waals surface area contributed by atoms with Gasteiger partial charge in [-0.25, -0.2) is 0 Å². The lowest BCUT2D eigenvalue weighted by Gasteiger charge is -2.28. The van der Waals surface area contributed by atoms with E-state index in [1.165, 1.54) is 44.9 Å². The fraction of sp³-hybridized carbons (Fsp3) is 0.950. The maximum absolute atomic E-state index is 6.02. The van der Waals surface area contributed by atoms with Gasteiger partial charge in [0.25, 0.3) is 0 Å². The molecule has 26 heavy (non-hydrogen) atoms. The molecule has 0 amide bonds. The van der Waals surface area contributed by atoms with Crippen molar-refractivity contribution in [3.63, 3.8) is 0 Å². The highest BCUT2D eigenvalue weighted by atomic mass is 127. The number of ether oxygens (including phenoxy) is 2. The lowest BCUT2D eigenvalue weighted by Crippen LogP contribution is -2.41. The van der Waals surface area contributed by atoms with Crippen LogP contribution in [-0.4, -0.2) is 64.0 Å². The molecule has 154 valence electrons. The molecule has 1 unspecified atom stereocenters. The molecule has 0 aromatic heterocycles. The first-order valence-corrected chi connectivity index (χ1v) is 10.4. The second-order valence-electron chi connectivity index (χ2n) is 7.57. The Morgan fingerprint density at radius 3 is 2.54 bits per heavy atom. The zero-order chi connectivity index (χ0) is 17.9. The summed E-state index contributed by atoms with van der Waals surface area (Å²) >= 11 is 0. The molecule has 0 radical (unpaired) electrons. The van der Waals surface area contributed by atoms with Gasteiger partial charge in [0.1, 0.15) is 0 Å². The van der Waals surface area contributed by atoms with Gasteiger partial charge in [-0.05, 0) is 57.3 Å². The molecule has 1 aliphatic carbocycles. The predicted octanol–water partition coefficient (Wildman–Crippen LogP) is 3.91. The molecule has 2 fully saturated rings. The van der Waals surface area contributed by atoms with E-state index in [4.69, 9.17) is 9.47 Å². The molecular weight excluding hydrogens is 441 g/mol. The van der Waals surface area contributed by atoms with E-state index >= 15 is 0 Å². The standard InChI is InChI=1S/C20H39N3O2.HI/c1-4-25-19(18-7-5-6-8-18)9-13-22-20(21-2)23(3)14-10-17-11-15-24-16-12-17;/h17-19H,4-16H2,1-3H3,(H,21,22);1H. The Morgan fingerprint density at radius 2 is 1.92 bits per heavy atom. The second kappa shape index (κ2) is 14.0. The normalized spacial score (nSPS) is 20.7. The topological polar surface area (TPSA) is 46.1 Å². The quantitative estimate of drug-likeness (QED) is 0.308. The van der Waals surface area contributed by atoms with E-state index < -0.39 is 0 Å². The van der Waals surface area contributed by atoms with Crippen LogP contribution in [0.3, 0.4) is 0 Å². The van der Waals surface area contributed by atoms with Crippen molar-refractivity contribution in [2.24, 2.45) is 16.8 Å². The predicted molar refractivity (Wildman–Crippen MR) is 120 cm³/mol. The van der Waals surface area contributed by atoms with Gasteiger partial charge in [-0.3, -0.25) is 4.99 Å². The molecule has 1 heterocycles. The number of guanidine groups is 1. The molecule has 5 nitrogen and oxygen atoms in total. The van der Waals surface area contributed by atoms with Crippen LogP contribution in [0.15, 0.2) is 4.99 Å². The Morgan fingerprint density at radius 1 is 1.23 bits per heavy atom. The fourth-order valence-corrected chi connectivity index (χ4v) is 4.23. The maximum atomic E-state index is 6.02. The van der Waals surface area contributed by atoms with Gasteiger partial charge in [-0.15, -0.1) is 24.0 Å². The highest BCUT2D eigenvalue weighted by molar-refractivity contribution is 14.0. The average Bonchev–Trinajstić information content (AvgIpc) is 3.18. The van der Waals surface area contributed by atoms with Crippen LogP contribution in [0.2, 0.25) is 0 Å². The molecule has 0 aromatic carbocycles. The van der Waals surface area contributed by atoms with E-state index in [9.17, 15) is 0 Å². The molecule has 1 saturated carbocycles. The molecule has 1 aliphatic heterocycles. The molecule has 0 aromatic rings. The molecule has 1 atom stereocenters. The summed E-state index contributed by atoms with van der Waals surface area (Å²) in [6, 6.07) is 0. The van der Waals surface area contributed by atoms with Gasteiger partial charge in [0.2, 0.25) is 0 Å². The SMILES string of the molecule is CCOC(CCNC(=NC)N(C)CCC1CCOCC1)C1CCCC1.I. The Kier molecular flexibility index (Phi) is 12.9. The number of nitrogens with one attached hydrogen (secondary N) is 1. The van der Waals surface area contributed by atoms with Crippen molar-refractivity contribution in [3.8, 4) is 0 Å². The lowest BCUT2D eigenvalue weighted by atomic mass is 9.96. The number of aliphatic imine (C=N–C) groups is 1. The highest BCUT2D eigenvalue weighted by Gasteiger charge is 2.25. The van der Waals surface area contributed by atoms with E-state index in [0.29, 0.717) is 6.10 Å². The average molecular weight is 481 g/mol. The first-order valence-electron chi connectivity index (χ1n) is 10.4. The molecule has 0 spiro atoms. The minimum atomic E-state index is 0. The number of nitrogens with zero attached hydrogens (tertiary/aromatic N) is 2. The number of hydrogen-bond acceptors (Lipinski definition) is 3. The number of rotatable bonds is 9. The van der Waals surface area contributed by atoms with Crippen molar-refractivity contribution in [3.05, 3.63) is 0 Å². The van der Waals surface area contributed by atoms with Gasteiger partial charge >= 0.3 is 0 Å². The van der Waals surface area contributed by atoms with Gasteiger partial charge in [0.15, 0.2) is 5.96 Å². The second-order valence-corrected chi connectivity index (χ2v) is 7.57. The summed E-state index contributed by atoms with van der Waals surface area (Å²) in [7, 11) is 4.02. The zero-order valence-electron chi connectivity index (χ0n) is 17.0. The summed E-state index contributed by atoms with van der Waals surface area (Å²) < 4.78 is 11.5. The van der Waals surface area contributed by atoms with Crippen LogP contribution in [0.1, 0.15) is 58.3 Å². The number of halogens is 1. The van der Waals surface area contributed by atoms with Crippen molar-refractivity contribution >= 4 is 29.9 Å². The minimum Gasteiger partial charge on any atom is -0.381 e. The summed E-state index contributed by atoms with van der Waals surface area (Å²) in [5.41, 5.74) is 0. The van der Waals surface area contributed by atoms with Crippen LogP contribution in [0, 0.1) is 11.8 Å². The van der Waals surface area contributed by atoms with Gasteiger partial charge in [-0.1, -0.05) is 12.8 Å². The van der Waals surface area contributed by atoms with Crippen molar-refractivity contribution in [1.82, 2.24) is 10.2 Å². The third kappa shape index (κ3) is 8.30. The largest absolute Gasteiger partial charge is 0.381 e. The van der Waals surface area contributed by atoms with E-state index in [1.807, 2.05) is 7.05 Å². The van der Waals surface area contributed by atoms with Crippen molar-refractivity contribution in [1.29, 1.82) is 0 Å². The third-order valence-corrected chi connectivity index (χ3v) is 5.81. The Labute approximate surface area is 177 Å². The monoisotopic (exact) mass is 481 g/mol. The van der Waals surface area contributed by atoms with Crippen molar-refractivity contribution < 1.29 is 9.47 Å². The third-order valence-electron chi connectivity index (χ3n) is 5.81. The van der Waals surface area contributed by atoms with Crippen molar-refractivity contribution in [2.45, 2.75) is 64.4 Å². The Bertz CT molecular complexity index is 383.